The summed E-state index contributed by atoms with van der Waals surface area (Å²) >= 11 is 0. The number of urea groups is 1. The Kier molecular flexibility index (Phi) is 4.43. The fraction of sp³-hybridized carbons (Fsp3) is 0.316. The summed E-state index contributed by atoms with van der Waals surface area (Å²) in [6.45, 7) is 0.576. The van der Waals surface area contributed by atoms with E-state index in [1.54, 1.807) is 16.9 Å². The highest BCUT2D eigenvalue weighted by Gasteiger charge is 2.18. The molecular weight excluding hydrogens is 330 g/mol. The number of pyridine rings is 1. The Bertz CT molecular complexity index is 922. The average molecular weight is 351 g/mol. The van der Waals surface area contributed by atoms with E-state index in [9.17, 15) is 4.79 Å². The summed E-state index contributed by atoms with van der Waals surface area (Å²) in [7, 11) is 1.85. The van der Waals surface area contributed by atoms with E-state index in [1.165, 1.54) is 0 Å². The first-order valence-electron chi connectivity index (χ1n) is 8.79. The number of carbonyl (C=O) groups is 1. The molecule has 2 bridgehead atoms. The number of rotatable bonds is 1. The van der Waals surface area contributed by atoms with Gasteiger partial charge in [-0.1, -0.05) is 30.3 Å². The lowest BCUT2D eigenvalue weighted by atomic mass is 10.0. The molecule has 0 radical (unpaired) electrons. The monoisotopic (exact) mass is 351 g/mol. The number of anilines is 1. The number of carbonyl (C=O) groups excluding carboxylic acids is 1. The van der Waals surface area contributed by atoms with Crippen LogP contribution in [0.15, 0.2) is 42.6 Å². The standard InChI is InChI=1S/C19H21N5O2/c1-24-17-14(12-20-24)11-16-22-18(17)26-10-6-5-9-15(21-19(25)23-16)13-7-3-2-4-8-13/h2-4,7-8,11-12,15H,5-6,9-10H2,1H3,(H2,21,22,23,25). The Hall–Kier alpha value is -3.09. The van der Waals surface area contributed by atoms with E-state index in [0.29, 0.717) is 18.3 Å². The molecule has 0 aliphatic carbocycles. The first kappa shape index (κ1) is 16.4. The maximum atomic E-state index is 12.5. The average Bonchev–Trinajstić information content (AvgIpc) is 3.01. The zero-order valence-corrected chi connectivity index (χ0v) is 14.6. The summed E-state index contributed by atoms with van der Waals surface area (Å²) in [5, 5.41) is 11.0. The van der Waals surface area contributed by atoms with Crippen molar-refractivity contribution in [3.8, 4) is 5.88 Å². The predicted octanol–water partition coefficient (Wildman–Crippen LogP) is 3.39. The molecule has 3 heterocycles. The number of nitrogens with one attached hydrogen (secondary N) is 2. The summed E-state index contributed by atoms with van der Waals surface area (Å²) < 4.78 is 7.64. The van der Waals surface area contributed by atoms with E-state index in [2.05, 4.69) is 20.7 Å². The van der Waals surface area contributed by atoms with Gasteiger partial charge in [0.05, 0.1) is 18.8 Å². The highest BCUT2D eigenvalue weighted by molar-refractivity contribution is 5.92. The Morgan fingerprint density at radius 2 is 2.08 bits per heavy atom. The lowest BCUT2D eigenvalue weighted by molar-refractivity contribution is 0.246. The number of aryl methyl sites for hydroxylation is 1. The fourth-order valence-corrected chi connectivity index (χ4v) is 3.27. The largest absolute Gasteiger partial charge is 0.476 e. The lowest BCUT2D eigenvalue weighted by Crippen LogP contribution is -2.33. The molecule has 1 aromatic carbocycles. The second-order valence-corrected chi connectivity index (χ2v) is 6.42. The molecule has 2 aromatic heterocycles. The van der Waals surface area contributed by atoms with Gasteiger partial charge in [0.2, 0.25) is 5.88 Å². The zero-order chi connectivity index (χ0) is 17.9. The van der Waals surface area contributed by atoms with Gasteiger partial charge in [0.1, 0.15) is 11.3 Å². The highest BCUT2D eigenvalue weighted by atomic mass is 16.5. The van der Waals surface area contributed by atoms with E-state index in [1.807, 2.05) is 37.4 Å². The number of nitrogens with zero attached hydrogens (tertiary/aromatic N) is 3. The van der Waals surface area contributed by atoms with Crippen molar-refractivity contribution < 1.29 is 9.53 Å². The van der Waals surface area contributed by atoms with Crippen LogP contribution in [0.25, 0.3) is 10.9 Å². The topological polar surface area (TPSA) is 81.1 Å². The smallest absolute Gasteiger partial charge is 0.320 e. The quantitative estimate of drug-likeness (QED) is 0.704. The first-order valence-corrected chi connectivity index (χ1v) is 8.79. The van der Waals surface area contributed by atoms with E-state index in [-0.39, 0.29) is 12.1 Å². The van der Waals surface area contributed by atoms with Crippen molar-refractivity contribution in [3.05, 3.63) is 48.2 Å². The molecule has 3 aromatic rings. The Balaban J connectivity index is 1.64. The second kappa shape index (κ2) is 7.03. The van der Waals surface area contributed by atoms with Crippen LogP contribution in [0.5, 0.6) is 5.88 Å². The molecule has 0 fully saturated rings. The van der Waals surface area contributed by atoms with E-state index < -0.39 is 0 Å². The van der Waals surface area contributed by atoms with Gasteiger partial charge in [0.25, 0.3) is 0 Å². The summed E-state index contributed by atoms with van der Waals surface area (Å²) in [6.07, 6.45) is 4.42. The van der Waals surface area contributed by atoms with Crippen molar-refractivity contribution in [3.63, 3.8) is 0 Å². The van der Waals surface area contributed by atoms with Gasteiger partial charge in [-0.15, -0.1) is 0 Å². The molecule has 7 heteroatoms. The third-order valence-corrected chi connectivity index (χ3v) is 4.56. The summed E-state index contributed by atoms with van der Waals surface area (Å²) in [5.41, 5.74) is 1.92. The molecule has 2 amide bonds. The molecular formula is C19H21N5O2. The van der Waals surface area contributed by atoms with Crippen molar-refractivity contribution >= 4 is 22.8 Å². The minimum absolute atomic E-state index is 0.0442. The number of hydrogen-bond donors (Lipinski definition) is 2. The molecule has 4 rings (SSSR count). The van der Waals surface area contributed by atoms with Crippen LogP contribution in [0, 0.1) is 0 Å². The minimum Gasteiger partial charge on any atom is -0.476 e. The maximum Gasteiger partial charge on any atom is 0.320 e. The van der Waals surface area contributed by atoms with Crippen LogP contribution in [0.3, 0.4) is 0 Å². The molecule has 26 heavy (non-hydrogen) atoms. The van der Waals surface area contributed by atoms with E-state index in [0.717, 1.165) is 35.7 Å². The normalized spacial score (nSPS) is 18.2. The van der Waals surface area contributed by atoms with Crippen molar-refractivity contribution in [2.75, 3.05) is 11.9 Å². The molecule has 1 aliphatic heterocycles. The Morgan fingerprint density at radius 3 is 2.92 bits per heavy atom. The summed E-state index contributed by atoms with van der Waals surface area (Å²) in [5.74, 6) is 0.948. The second-order valence-electron chi connectivity index (χ2n) is 6.42. The Labute approximate surface area is 151 Å². The van der Waals surface area contributed by atoms with E-state index >= 15 is 0 Å². The van der Waals surface area contributed by atoms with Crippen LogP contribution < -0.4 is 15.4 Å². The SMILES string of the molecule is Cn1ncc2cc3nc(c21)OCCCCC(c1ccccc1)NC(=O)N3. The van der Waals surface area contributed by atoms with Crippen molar-refractivity contribution in [2.45, 2.75) is 25.3 Å². The van der Waals surface area contributed by atoms with Gasteiger partial charge in [-0.05, 0) is 30.9 Å². The van der Waals surface area contributed by atoms with Crippen LogP contribution in [-0.2, 0) is 7.05 Å². The Morgan fingerprint density at radius 1 is 1.23 bits per heavy atom. The third kappa shape index (κ3) is 3.33. The summed E-state index contributed by atoms with van der Waals surface area (Å²) in [4.78, 5) is 17.0. The van der Waals surface area contributed by atoms with Crippen molar-refractivity contribution in [2.24, 2.45) is 7.05 Å². The highest BCUT2D eigenvalue weighted by Crippen LogP contribution is 2.27. The van der Waals surface area contributed by atoms with Gasteiger partial charge in [0, 0.05) is 12.4 Å². The number of hydrogen-bond acceptors (Lipinski definition) is 4. The molecule has 7 nitrogen and oxygen atoms in total. The van der Waals surface area contributed by atoms with Crippen LogP contribution in [-0.4, -0.2) is 27.4 Å². The molecule has 0 saturated carbocycles. The fourth-order valence-electron chi connectivity index (χ4n) is 3.27. The zero-order valence-electron chi connectivity index (χ0n) is 14.6. The molecule has 0 spiro atoms. The van der Waals surface area contributed by atoms with Crippen molar-refractivity contribution in [1.82, 2.24) is 20.1 Å². The van der Waals surface area contributed by atoms with Crippen LogP contribution >= 0.6 is 0 Å². The molecule has 1 atom stereocenters. The molecule has 134 valence electrons. The number of fused-ring (bicyclic) bond motifs is 4. The van der Waals surface area contributed by atoms with Gasteiger partial charge < -0.3 is 10.1 Å². The number of amides is 2. The van der Waals surface area contributed by atoms with E-state index in [4.69, 9.17) is 4.74 Å². The third-order valence-electron chi connectivity index (χ3n) is 4.56. The van der Waals surface area contributed by atoms with Gasteiger partial charge >= 0.3 is 6.03 Å². The van der Waals surface area contributed by atoms with Crippen LogP contribution in [0.2, 0.25) is 0 Å². The van der Waals surface area contributed by atoms with Gasteiger partial charge in [-0.2, -0.15) is 10.1 Å². The molecule has 0 saturated heterocycles. The lowest BCUT2D eigenvalue weighted by Gasteiger charge is -2.20. The maximum absolute atomic E-state index is 12.5. The molecule has 1 aliphatic rings. The van der Waals surface area contributed by atoms with Gasteiger partial charge in [-0.3, -0.25) is 10.00 Å². The summed E-state index contributed by atoms with van der Waals surface area (Å²) in [6, 6.07) is 11.5. The van der Waals surface area contributed by atoms with Crippen molar-refractivity contribution in [1.29, 1.82) is 0 Å². The molecule has 1 unspecified atom stereocenters. The number of benzene rings is 1. The number of aromatic nitrogens is 3. The first-order chi connectivity index (χ1) is 12.7. The van der Waals surface area contributed by atoms with Gasteiger partial charge in [0.15, 0.2) is 0 Å². The van der Waals surface area contributed by atoms with Gasteiger partial charge in [-0.25, -0.2) is 4.79 Å². The number of ether oxygens (including phenoxy) is 1. The predicted molar refractivity (Wildman–Crippen MR) is 99.2 cm³/mol. The van der Waals surface area contributed by atoms with Crippen LogP contribution in [0.1, 0.15) is 30.9 Å². The minimum atomic E-state index is -0.277. The van der Waals surface area contributed by atoms with Crippen LogP contribution in [0.4, 0.5) is 10.6 Å². The molecule has 2 N–H and O–H groups in total.